The highest BCUT2D eigenvalue weighted by molar-refractivity contribution is 7.11. The van der Waals surface area contributed by atoms with Crippen LogP contribution in [-0.4, -0.2) is 53.2 Å². The summed E-state index contributed by atoms with van der Waals surface area (Å²) < 4.78 is 0. The molecule has 0 aromatic carbocycles. The molecule has 0 aliphatic carbocycles. The van der Waals surface area contributed by atoms with E-state index in [1.54, 1.807) is 0 Å². The van der Waals surface area contributed by atoms with Crippen LogP contribution in [0.4, 0.5) is 0 Å². The Balaban J connectivity index is 1.46. The molecule has 0 bridgehead atoms. The van der Waals surface area contributed by atoms with E-state index in [-0.39, 0.29) is 0 Å². The number of rotatable bonds is 6. The molecule has 0 radical (unpaired) electrons. The lowest BCUT2D eigenvalue weighted by Crippen LogP contribution is -2.50. The zero-order chi connectivity index (χ0) is 16.3. The van der Waals surface area contributed by atoms with E-state index in [1.165, 1.54) is 42.1 Å². The molecule has 3 rings (SSSR count). The zero-order valence-corrected chi connectivity index (χ0v) is 15.6. The van der Waals surface area contributed by atoms with Crippen molar-refractivity contribution in [3.8, 4) is 0 Å². The van der Waals surface area contributed by atoms with Crippen molar-refractivity contribution in [1.82, 2.24) is 9.80 Å². The molecule has 3 nitrogen and oxygen atoms in total. The minimum Gasteiger partial charge on any atom is -0.388 e. The largest absolute Gasteiger partial charge is 0.388 e. The number of hydrogen-bond donors (Lipinski definition) is 1. The van der Waals surface area contributed by atoms with Gasteiger partial charge in [0.05, 0.1) is 5.60 Å². The van der Waals surface area contributed by atoms with Crippen LogP contribution in [0.1, 0.15) is 49.3 Å². The summed E-state index contributed by atoms with van der Waals surface area (Å²) in [4.78, 5) is 7.96. The summed E-state index contributed by atoms with van der Waals surface area (Å²) in [7, 11) is 0. The number of piperidine rings is 1. The van der Waals surface area contributed by atoms with E-state index in [2.05, 4.69) is 35.8 Å². The van der Waals surface area contributed by atoms with E-state index >= 15 is 0 Å². The van der Waals surface area contributed by atoms with Crippen LogP contribution in [0.5, 0.6) is 0 Å². The van der Waals surface area contributed by atoms with Crippen LogP contribution in [0.3, 0.4) is 0 Å². The second-order valence-corrected chi connectivity index (χ2v) is 9.20. The lowest BCUT2D eigenvalue weighted by Gasteiger charge is -2.40. The van der Waals surface area contributed by atoms with Crippen LogP contribution in [0.15, 0.2) is 12.1 Å². The van der Waals surface area contributed by atoms with Gasteiger partial charge in [0.2, 0.25) is 0 Å². The molecule has 130 valence electrons. The second kappa shape index (κ2) is 7.64. The Hall–Kier alpha value is -0.420. The highest BCUT2D eigenvalue weighted by Gasteiger charge is 2.34. The number of aliphatic hydroxyl groups is 1. The number of β-amino-alcohol motifs (C(OH)–C–C–N with tert-alkyl or cyclic N) is 1. The molecule has 1 aromatic heterocycles. The van der Waals surface area contributed by atoms with Crippen molar-refractivity contribution < 1.29 is 5.11 Å². The average Bonchev–Trinajstić information content (AvgIpc) is 3.13. The number of hydrogen-bond acceptors (Lipinski definition) is 4. The predicted octanol–water partition coefficient (Wildman–Crippen LogP) is 3.37. The first-order chi connectivity index (χ1) is 11.0. The van der Waals surface area contributed by atoms with Gasteiger partial charge in [0.25, 0.3) is 0 Å². The van der Waals surface area contributed by atoms with Crippen molar-refractivity contribution in [2.24, 2.45) is 5.92 Å². The molecule has 23 heavy (non-hydrogen) atoms. The maximum absolute atomic E-state index is 10.9. The number of nitrogens with zero attached hydrogens (tertiary/aromatic N) is 2. The first-order valence-electron chi connectivity index (χ1n) is 9.27. The van der Waals surface area contributed by atoms with E-state index in [0.29, 0.717) is 0 Å². The number of likely N-dealkylation sites (tertiary alicyclic amines) is 2. The smallest absolute Gasteiger partial charge is 0.0798 e. The summed E-state index contributed by atoms with van der Waals surface area (Å²) in [5.74, 6) is 0.733. The van der Waals surface area contributed by atoms with E-state index in [1.807, 2.05) is 11.3 Å². The van der Waals surface area contributed by atoms with E-state index in [0.717, 1.165) is 44.9 Å². The van der Waals surface area contributed by atoms with Crippen LogP contribution in [0.25, 0.3) is 0 Å². The quantitative estimate of drug-likeness (QED) is 0.863. The Kier molecular flexibility index (Phi) is 5.78. The topological polar surface area (TPSA) is 26.7 Å². The standard InChI is InChI=1S/C19H32N2OS/c1-16(2)13-17-5-6-18(23-17)14-20-11-7-19(22,8-12-20)15-21-9-3-4-10-21/h5-6,16,22H,3-4,7-15H2,1-2H3. The zero-order valence-electron chi connectivity index (χ0n) is 14.8. The fourth-order valence-electron chi connectivity index (χ4n) is 3.88. The molecule has 3 heterocycles. The van der Waals surface area contributed by atoms with Gasteiger partial charge in [0.1, 0.15) is 0 Å². The van der Waals surface area contributed by atoms with Gasteiger partial charge >= 0.3 is 0 Å². The minimum atomic E-state index is -0.445. The van der Waals surface area contributed by atoms with E-state index in [9.17, 15) is 5.11 Å². The van der Waals surface area contributed by atoms with Gasteiger partial charge in [0, 0.05) is 35.9 Å². The van der Waals surface area contributed by atoms with E-state index in [4.69, 9.17) is 0 Å². The average molecular weight is 337 g/mol. The van der Waals surface area contributed by atoms with Crippen molar-refractivity contribution in [3.63, 3.8) is 0 Å². The van der Waals surface area contributed by atoms with Gasteiger partial charge in [-0.05, 0) is 63.2 Å². The van der Waals surface area contributed by atoms with E-state index < -0.39 is 5.60 Å². The molecule has 2 aliphatic heterocycles. The van der Waals surface area contributed by atoms with Crippen molar-refractivity contribution in [3.05, 3.63) is 21.9 Å². The van der Waals surface area contributed by atoms with Gasteiger partial charge < -0.3 is 10.0 Å². The second-order valence-electron chi connectivity index (χ2n) is 7.95. The highest BCUT2D eigenvalue weighted by atomic mass is 32.1. The molecular weight excluding hydrogens is 304 g/mol. The van der Waals surface area contributed by atoms with Gasteiger partial charge in [-0.2, -0.15) is 0 Å². The van der Waals surface area contributed by atoms with Crippen molar-refractivity contribution >= 4 is 11.3 Å². The summed E-state index contributed by atoms with van der Waals surface area (Å²) in [6.07, 6.45) is 5.65. The molecule has 1 N–H and O–H groups in total. The first kappa shape index (κ1) is 17.4. The molecule has 0 atom stereocenters. The first-order valence-corrected chi connectivity index (χ1v) is 10.1. The third kappa shape index (κ3) is 5.02. The Morgan fingerprint density at radius 2 is 1.70 bits per heavy atom. The molecule has 2 saturated heterocycles. The Labute approximate surface area is 145 Å². The lowest BCUT2D eigenvalue weighted by atomic mass is 9.91. The predicted molar refractivity (Wildman–Crippen MR) is 98.0 cm³/mol. The van der Waals surface area contributed by atoms with Gasteiger partial charge in [-0.15, -0.1) is 11.3 Å². The summed E-state index contributed by atoms with van der Waals surface area (Å²) in [5, 5.41) is 10.9. The monoisotopic (exact) mass is 336 g/mol. The molecule has 4 heteroatoms. The fraction of sp³-hybridized carbons (Fsp3) is 0.789. The van der Waals surface area contributed by atoms with Crippen LogP contribution in [-0.2, 0) is 13.0 Å². The van der Waals surface area contributed by atoms with Gasteiger partial charge in [0.15, 0.2) is 0 Å². The van der Waals surface area contributed by atoms with Gasteiger partial charge in [-0.3, -0.25) is 4.90 Å². The SMILES string of the molecule is CC(C)Cc1ccc(CN2CCC(O)(CN3CCCC3)CC2)s1. The van der Waals surface area contributed by atoms with Gasteiger partial charge in [-0.25, -0.2) is 0 Å². The molecule has 0 saturated carbocycles. The fourth-order valence-corrected chi connectivity index (χ4v) is 5.15. The Bertz CT molecular complexity index is 485. The third-order valence-electron chi connectivity index (χ3n) is 5.21. The maximum atomic E-state index is 10.9. The van der Waals surface area contributed by atoms with Crippen molar-refractivity contribution in [2.75, 3.05) is 32.7 Å². The van der Waals surface area contributed by atoms with Crippen LogP contribution < -0.4 is 0 Å². The molecule has 0 spiro atoms. The molecule has 0 amide bonds. The lowest BCUT2D eigenvalue weighted by molar-refractivity contribution is -0.0428. The highest BCUT2D eigenvalue weighted by Crippen LogP contribution is 2.27. The van der Waals surface area contributed by atoms with Gasteiger partial charge in [-0.1, -0.05) is 13.8 Å². The summed E-state index contributed by atoms with van der Waals surface area (Å²) >= 11 is 1.97. The normalized spacial score (nSPS) is 23.0. The van der Waals surface area contributed by atoms with Crippen LogP contribution >= 0.6 is 11.3 Å². The van der Waals surface area contributed by atoms with Crippen molar-refractivity contribution in [2.45, 2.75) is 58.1 Å². The molecular formula is C19H32N2OS. The van der Waals surface area contributed by atoms with Crippen molar-refractivity contribution in [1.29, 1.82) is 0 Å². The maximum Gasteiger partial charge on any atom is 0.0798 e. The Morgan fingerprint density at radius 3 is 2.35 bits per heavy atom. The van der Waals surface area contributed by atoms with Crippen LogP contribution in [0.2, 0.25) is 0 Å². The third-order valence-corrected chi connectivity index (χ3v) is 6.30. The molecule has 2 fully saturated rings. The number of thiophene rings is 1. The Morgan fingerprint density at radius 1 is 1.04 bits per heavy atom. The summed E-state index contributed by atoms with van der Waals surface area (Å²) in [6.45, 7) is 10.9. The summed E-state index contributed by atoms with van der Waals surface area (Å²) in [5.41, 5.74) is -0.445. The molecule has 1 aromatic rings. The molecule has 0 unspecified atom stereocenters. The summed E-state index contributed by atoms with van der Waals surface area (Å²) in [6, 6.07) is 4.60. The molecule has 2 aliphatic rings. The van der Waals surface area contributed by atoms with Crippen LogP contribution in [0, 0.1) is 5.92 Å². The minimum absolute atomic E-state index is 0.445.